The van der Waals surface area contributed by atoms with Crippen molar-refractivity contribution >= 4 is 0 Å². The molecule has 3 heteroatoms. The zero-order valence-corrected chi connectivity index (χ0v) is 10.1. The maximum atomic E-state index is 9.69. The molecule has 0 heterocycles. The highest BCUT2D eigenvalue weighted by Crippen LogP contribution is 2.08. The molecule has 0 aliphatic heterocycles. The van der Waals surface area contributed by atoms with Crippen molar-refractivity contribution in [2.45, 2.75) is 25.5 Å². The summed E-state index contributed by atoms with van der Waals surface area (Å²) in [6.45, 7) is 2.75. The molecule has 0 saturated carbocycles. The molecule has 0 bridgehead atoms. The summed E-state index contributed by atoms with van der Waals surface area (Å²) in [6, 6.07) is 9.66. The fourth-order valence-corrected chi connectivity index (χ4v) is 1.35. The highest BCUT2D eigenvalue weighted by Gasteiger charge is 2.07. The Morgan fingerprint density at radius 3 is 2.76 bits per heavy atom. The van der Waals surface area contributed by atoms with Gasteiger partial charge in [0.15, 0.2) is 0 Å². The van der Waals surface area contributed by atoms with Crippen molar-refractivity contribution in [3.8, 4) is 18.1 Å². The van der Waals surface area contributed by atoms with E-state index >= 15 is 0 Å². The minimum absolute atomic E-state index is 0.214. The van der Waals surface area contributed by atoms with Gasteiger partial charge in [0.25, 0.3) is 0 Å². The second kappa shape index (κ2) is 7.72. The Morgan fingerprint density at radius 1 is 1.41 bits per heavy atom. The number of terminal acetylenes is 1. The first-order valence-electron chi connectivity index (χ1n) is 5.75. The minimum atomic E-state index is -0.532. The van der Waals surface area contributed by atoms with E-state index in [1.54, 1.807) is 0 Å². The topological polar surface area (TPSA) is 41.5 Å². The van der Waals surface area contributed by atoms with Gasteiger partial charge in [-0.1, -0.05) is 18.2 Å². The fraction of sp³-hybridized carbons (Fsp3) is 0.429. The molecule has 2 atom stereocenters. The molecule has 0 aliphatic carbocycles. The van der Waals surface area contributed by atoms with Gasteiger partial charge < -0.3 is 15.2 Å². The summed E-state index contributed by atoms with van der Waals surface area (Å²) >= 11 is 0. The lowest BCUT2D eigenvalue weighted by Gasteiger charge is -2.16. The van der Waals surface area contributed by atoms with E-state index in [4.69, 9.17) is 11.2 Å². The first-order valence-corrected chi connectivity index (χ1v) is 5.75. The maximum Gasteiger partial charge on any atom is 0.119 e. The SMILES string of the molecule is C#CCC(C)NCC(O)COc1ccccc1. The predicted molar refractivity (Wildman–Crippen MR) is 68.9 cm³/mol. The average Bonchev–Trinajstić information content (AvgIpc) is 2.35. The van der Waals surface area contributed by atoms with Crippen LogP contribution in [0.25, 0.3) is 0 Å². The molecule has 0 amide bonds. The lowest BCUT2D eigenvalue weighted by Crippen LogP contribution is -2.36. The Hall–Kier alpha value is -1.50. The molecule has 1 aromatic carbocycles. The fourth-order valence-electron chi connectivity index (χ4n) is 1.35. The highest BCUT2D eigenvalue weighted by atomic mass is 16.5. The van der Waals surface area contributed by atoms with Crippen LogP contribution in [-0.2, 0) is 0 Å². The van der Waals surface area contributed by atoms with E-state index in [0.29, 0.717) is 13.0 Å². The van der Waals surface area contributed by atoms with Crippen LogP contribution >= 0.6 is 0 Å². The molecule has 0 radical (unpaired) electrons. The summed E-state index contributed by atoms with van der Waals surface area (Å²) in [4.78, 5) is 0. The number of hydrogen-bond donors (Lipinski definition) is 2. The molecule has 2 unspecified atom stereocenters. The average molecular weight is 233 g/mol. The van der Waals surface area contributed by atoms with Gasteiger partial charge in [0.2, 0.25) is 0 Å². The van der Waals surface area contributed by atoms with Gasteiger partial charge >= 0.3 is 0 Å². The molecular formula is C14H19NO2. The van der Waals surface area contributed by atoms with Gasteiger partial charge in [-0.2, -0.15) is 0 Å². The molecule has 0 aromatic heterocycles. The molecular weight excluding hydrogens is 214 g/mol. The number of aliphatic hydroxyl groups is 1. The first-order chi connectivity index (χ1) is 8.22. The number of rotatable bonds is 7. The minimum Gasteiger partial charge on any atom is -0.491 e. The van der Waals surface area contributed by atoms with Crippen molar-refractivity contribution in [3.63, 3.8) is 0 Å². The molecule has 3 nitrogen and oxygen atoms in total. The molecule has 0 spiro atoms. The van der Waals surface area contributed by atoms with Crippen LogP contribution in [-0.4, -0.2) is 30.4 Å². The second-order valence-corrected chi connectivity index (χ2v) is 4.00. The van der Waals surface area contributed by atoms with Crippen LogP contribution in [0, 0.1) is 12.3 Å². The lowest BCUT2D eigenvalue weighted by atomic mass is 10.2. The van der Waals surface area contributed by atoms with E-state index in [0.717, 1.165) is 5.75 Å². The van der Waals surface area contributed by atoms with Crippen LogP contribution in [0.15, 0.2) is 30.3 Å². The van der Waals surface area contributed by atoms with E-state index in [9.17, 15) is 5.11 Å². The van der Waals surface area contributed by atoms with E-state index < -0.39 is 6.10 Å². The van der Waals surface area contributed by atoms with Crippen LogP contribution in [0.4, 0.5) is 0 Å². The Kier molecular flexibility index (Phi) is 6.16. The molecule has 0 aliphatic rings. The number of hydrogen-bond acceptors (Lipinski definition) is 3. The largest absolute Gasteiger partial charge is 0.491 e. The van der Waals surface area contributed by atoms with E-state index in [1.165, 1.54) is 0 Å². The zero-order valence-electron chi connectivity index (χ0n) is 10.1. The van der Waals surface area contributed by atoms with E-state index in [1.807, 2.05) is 37.3 Å². The van der Waals surface area contributed by atoms with Crippen molar-refractivity contribution < 1.29 is 9.84 Å². The van der Waals surface area contributed by atoms with Crippen LogP contribution < -0.4 is 10.1 Å². The Balaban J connectivity index is 2.18. The lowest BCUT2D eigenvalue weighted by molar-refractivity contribution is 0.104. The van der Waals surface area contributed by atoms with Crippen LogP contribution in [0.1, 0.15) is 13.3 Å². The van der Waals surface area contributed by atoms with Gasteiger partial charge in [-0.05, 0) is 19.1 Å². The molecule has 1 rings (SSSR count). The summed E-state index contributed by atoms with van der Waals surface area (Å²) in [5.41, 5.74) is 0. The quantitative estimate of drug-likeness (QED) is 0.700. The van der Waals surface area contributed by atoms with Crippen LogP contribution in [0.5, 0.6) is 5.75 Å². The van der Waals surface area contributed by atoms with Gasteiger partial charge in [-0.25, -0.2) is 0 Å². The third-order valence-corrected chi connectivity index (χ3v) is 2.31. The molecule has 1 aromatic rings. The maximum absolute atomic E-state index is 9.69. The van der Waals surface area contributed by atoms with Crippen LogP contribution in [0.2, 0.25) is 0 Å². The monoisotopic (exact) mass is 233 g/mol. The Bertz CT molecular complexity index is 345. The number of benzene rings is 1. The third-order valence-electron chi connectivity index (χ3n) is 2.31. The number of nitrogens with one attached hydrogen (secondary N) is 1. The van der Waals surface area contributed by atoms with Gasteiger partial charge in [0, 0.05) is 19.0 Å². The highest BCUT2D eigenvalue weighted by molar-refractivity contribution is 5.20. The number of para-hydroxylation sites is 1. The number of ether oxygens (including phenoxy) is 1. The molecule has 2 N–H and O–H groups in total. The van der Waals surface area contributed by atoms with E-state index in [2.05, 4.69) is 11.2 Å². The van der Waals surface area contributed by atoms with Gasteiger partial charge in [-0.15, -0.1) is 12.3 Å². The first kappa shape index (κ1) is 13.6. The van der Waals surface area contributed by atoms with Crippen molar-refractivity contribution in [2.75, 3.05) is 13.2 Å². The summed E-state index contributed by atoms with van der Waals surface area (Å²) in [5.74, 6) is 3.34. The van der Waals surface area contributed by atoms with Crippen molar-refractivity contribution in [3.05, 3.63) is 30.3 Å². The summed E-state index contributed by atoms with van der Waals surface area (Å²) < 4.78 is 5.43. The summed E-state index contributed by atoms with van der Waals surface area (Å²) in [5, 5.41) is 12.8. The molecule has 92 valence electrons. The molecule has 17 heavy (non-hydrogen) atoms. The predicted octanol–water partition coefficient (Wildman–Crippen LogP) is 1.43. The van der Waals surface area contributed by atoms with E-state index in [-0.39, 0.29) is 12.6 Å². The summed E-state index contributed by atoms with van der Waals surface area (Å²) in [7, 11) is 0. The van der Waals surface area contributed by atoms with Gasteiger partial charge in [0.1, 0.15) is 18.5 Å². The Labute approximate surface area is 103 Å². The van der Waals surface area contributed by atoms with Crippen molar-refractivity contribution in [1.29, 1.82) is 0 Å². The van der Waals surface area contributed by atoms with Crippen molar-refractivity contribution in [1.82, 2.24) is 5.32 Å². The van der Waals surface area contributed by atoms with Gasteiger partial charge in [0.05, 0.1) is 0 Å². The molecule has 0 fully saturated rings. The Morgan fingerprint density at radius 2 is 2.12 bits per heavy atom. The third kappa shape index (κ3) is 5.96. The van der Waals surface area contributed by atoms with Crippen LogP contribution in [0.3, 0.4) is 0 Å². The standard InChI is InChI=1S/C14H19NO2/c1-3-7-12(2)15-10-13(16)11-17-14-8-5-4-6-9-14/h1,4-6,8-9,12-13,15-16H,7,10-11H2,2H3. The second-order valence-electron chi connectivity index (χ2n) is 4.00. The summed E-state index contributed by atoms with van der Waals surface area (Å²) in [6.07, 6.45) is 5.32. The van der Waals surface area contributed by atoms with Gasteiger partial charge in [-0.3, -0.25) is 0 Å². The van der Waals surface area contributed by atoms with Crippen molar-refractivity contribution in [2.24, 2.45) is 0 Å². The molecule has 0 saturated heterocycles. The normalized spacial score (nSPS) is 13.7. The zero-order chi connectivity index (χ0) is 12.5. The smallest absolute Gasteiger partial charge is 0.119 e. The number of aliphatic hydroxyl groups excluding tert-OH is 1.